The summed E-state index contributed by atoms with van der Waals surface area (Å²) in [5.41, 5.74) is 3.81. The molecule has 0 unspecified atom stereocenters. The van der Waals surface area contributed by atoms with Gasteiger partial charge in [-0.25, -0.2) is 4.79 Å². The van der Waals surface area contributed by atoms with Crippen molar-refractivity contribution in [2.45, 2.75) is 13.8 Å². The number of aromatic hydroxyl groups is 1. The lowest BCUT2D eigenvalue weighted by molar-refractivity contribution is -0.121. The minimum Gasteiger partial charge on any atom is -0.508 e. The number of nitrogens with zero attached hydrogens (tertiary/aromatic N) is 2. The molecule has 148 valence electrons. The molecule has 7 heteroatoms. The number of anilines is 2. The van der Waals surface area contributed by atoms with Gasteiger partial charge in [-0.15, -0.1) is 0 Å². The maximum atomic E-state index is 12.2. The zero-order valence-electron chi connectivity index (χ0n) is 16.2. The highest BCUT2D eigenvalue weighted by atomic mass is 16.3. The summed E-state index contributed by atoms with van der Waals surface area (Å²) < 4.78 is 0. The maximum absolute atomic E-state index is 12.2. The monoisotopic (exact) mass is 382 g/mol. The molecule has 3 rings (SSSR count). The summed E-state index contributed by atoms with van der Waals surface area (Å²) in [5, 5.41) is 14.5. The Labute approximate surface area is 165 Å². The smallest absolute Gasteiger partial charge is 0.325 e. The number of rotatable bonds is 4. The Morgan fingerprint density at radius 3 is 2.36 bits per heavy atom. The number of phenolic OH excluding ortho intramolecular Hbond substituents is 1. The van der Waals surface area contributed by atoms with Gasteiger partial charge in [0.25, 0.3) is 0 Å². The Balaban J connectivity index is 1.44. The van der Waals surface area contributed by atoms with Crippen molar-refractivity contribution in [3.63, 3.8) is 0 Å². The zero-order valence-corrected chi connectivity index (χ0v) is 16.2. The van der Waals surface area contributed by atoms with Crippen LogP contribution in [-0.2, 0) is 4.79 Å². The Bertz CT molecular complexity index is 843. The van der Waals surface area contributed by atoms with Crippen molar-refractivity contribution in [1.29, 1.82) is 0 Å². The van der Waals surface area contributed by atoms with Gasteiger partial charge in [-0.1, -0.05) is 12.1 Å². The Hall–Kier alpha value is -3.06. The molecule has 1 aliphatic heterocycles. The molecule has 0 aliphatic carbocycles. The first-order chi connectivity index (χ1) is 13.4. The second-order valence-electron chi connectivity index (χ2n) is 7.03. The standard InChI is InChI=1S/C21H26N4O3/c1-15-4-3-5-19(16(15)2)22-21(28)23-20(27)14-24-10-12-25(13-11-24)17-6-8-18(26)9-7-17/h3-9,26H,10-14H2,1-2H3,(H2,22,23,27,28). The summed E-state index contributed by atoms with van der Waals surface area (Å²) in [5.74, 6) is -0.0703. The molecule has 7 nitrogen and oxygen atoms in total. The zero-order chi connectivity index (χ0) is 20.1. The van der Waals surface area contributed by atoms with Crippen molar-refractivity contribution >= 4 is 23.3 Å². The number of aryl methyl sites for hydroxylation is 1. The van der Waals surface area contributed by atoms with Gasteiger partial charge in [0, 0.05) is 37.6 Å². The van der Waals surface area contributed by atoms with Gasteiger partial charge in [0.2, 0.25) is 5.91 Å². The van der Waals surface area contributed by atoms with Crippen molar-refractivity contribution in [2.24, 2.45) is 0 Å². The second kappa shape index (κ2) is 8.75. The van der Waals surface area contributed by atoms with Crippen LogP contribution >= 0.6 is 0 Å². The van der Waals surface area contributed by atoms with Crippen LogP contribution in [0.3, 0.4) is 0 Å². The van der Waals surface area contributed by atoms with Gasteiger partial charge in [-0.05, 0) is 55.3 Å². The van der Waals surface area contributed by atoms with Crippen LogP contribution in [0.25, 0.3) is 0 Å². The molecule has 0 bridgehead atoms. The molecule has 2 aromatic rings. The van der Waals surface area contributed by atoms with Crippen LogP contribution in [0.2, 0.25) is 0 Å². The van der Waals surface area contributed by atoms with Crippen LogP contribution < -0.4 is 15.5 Å². The molecule has 0 aromatic heterocycles. The van der Waals surface area contributed by atoms with Crippen molar-refractivity contribution in [1.82, 2.24) is 10.2 Å². The molecule has 1 aliphatic rings. The average molecular weight is 382 g/mol. The summed E-state index contributed by atoms with van der Waals surface area (Å²) >= 11 is 0. The normalized spacial score (nSPS) is 14.6. The minimum atomic E-state index is -0.513. The van der Waals surface area contributed by atoms with Crippen LogP contribution in [0.4, 0.5) is 16.2 Å². The summed E-state index contributed by atoms with van der Waals surface area (Å²) in [4.78, 5) is 28.5. The van der Waals surface area contributed by atoms with Crippen molar-refractivity contribution < 1.29 is 14.7 Å². The number of amides is 3. The van der Waals surface area contributed by atoms with E-state index in [0.717, 1.165) is 43.0 Å². The van der Waals surface area contributed by atoms with E-state index in [1.54, 1.807) is 12.1 Å². The molecule has 0 spiro atoms. The number of benzene rings is 2. The van der Waals surface area contributed by atoms with E-state index in [4.69, 9.17) is 0 Å². The van der Waals surface area contributed by atoms with E-state index < -0.39 is 6.03 Å². The fraction of sp³-hybridized carbons (Fsp3) is 0.333. The maximum Gasteiger partial charge on any atom is 0.325 e. The number of imide groups is 1. The van der Waals surface area contributed by atoms with Crippen LogP contribution in [-0.4, -0.2) is 54.7 Å². The number of carbonyl (C=O) groups is 2. The number of urea groups is 1. The van der Waals surface area contributed by atoms with Crippen LogP contribution in [0, 0.1) is 13.8 Å². The molecule has 2 aromatic carbocycles. The first kappa shape index (κ1) is 19.7. The third-order valence-electron chi connectivity index (χ3n) is 5.06. The van der Waals surface area contributed by atoms with Crippen molar-refractivity contribution in [3.05, 3.63) is 53.6 Å². The van der Waals surface area contributed by atoms with E-state index in [-0.39, 0.29) is 18.2 Å². The SMILES string of the molecule is Cc1cccc(NC(=O)NC(=O)CN2CCN(c3ccc(O)cc3)CC2)c1C. The first-order valence-electron chi connectivity index (χ1n) is 9.36. The topological polar surface area (TPSA) is 84.9 Å². The molecule has 0 saturated carbocycles. The fourth-order valence-electron chi connectivity index (χ4n) is 3.24. The van der Waals surface area contributed by atoms with E-state index >= 15 is 0 Å². The van der Waals surface area contributed by atoms with Gasteiger partial charge >= 0.3 is 6.03 Å². The predicted molar refractivity (Wildman–Crippen MR) is 110 cm³/mol. The molecule has 0 atom stereocenters. The highest BCUT2D eigenvalue weighted by molar-refractivity contribution is 6.02. The van der Waals surface area contributed by atoms with E-state index in [0.29, 0.717) is 5.69 Å². The molecule has 0 radical (unpaired) electrons. The lowest BCUT2D eigenvalue weighted by atomic mass is 10.1. The third kappa shape index (κ3) is 5.01. The number of hydrogen-bond donors (Lipinski definition) is 3. The molecule has 1 heterocycles. The van der Waals surface area contributed by atoms with E-state index in [1.807, 2.05) is 49.1 Å². The summed E-state index contributed by atoms with van der Waals surface area (Å²) in [7, 11) is 0. The van der Waals surface area contributed by atoms with Gasteiger partial charge in [0.05, 0.1) is 6.54 Å². The molecule has 28 heavy (non-hydrogen) atoms. The molecule has 3 N–H and O–H groups in total. The fourth-order valence-corrected chi connectivity index (χ4v) is 3.24. The summed E-state index contributed by atoms with van der Waals surface area (Å²) in [6.07, 6.45) is 0. The lowest BCUT2D eigenvalue weighted by Gasteiger charge is -2.35. The van der Waals surface area contributed by atoms with Gasteiger partial charge in [-0.3, -0.25) is 15.0 Å². The average Bonchev–Trinajstić information content (AvgIpc) is 2.66. The number of carbonyl (C=O) groups excluding carboxylic acids is 2. The van der Waals surface area contributed by atoms with Gasteiger partial charge in [0.15, 0.2) is 0 Å². The highest BCUT2D eigenvalue weighted by Crippen LogP contribution is 2.20. The minimum absolute atomic E-state index is 0.184. The molecule has 3 amide bonds. The van der Waals surface area contributed by atoms with Gasteiger partial charge in [-0.2, -0.15) is 0 Å². The molecular weight excluding hydrogens is 356 g/mol. The number of hydrogen-bond acceptors (Lipinski definition) is 5. The van der Waals surface area contributed by atoms with Crippen molar-refractivity contribution in [2.75, 3.05) is 42.9 Å². The Kier molecular flexibility index (Phi) is 6.16. The van der Waals surface area contributed by atoms with E-state index in [1.165, 1.54) is 0 Å². The lowest BCUT2D eigenvalue weighted by Crippen LogP contribution is -2.50. The highest BCUT2D eigenvalue weighted by Gasteiger charge is 2.20. The number of nitrogens with one attached hydrogen (secondary N) is 2. The van der Waals surface area contributed by atoms with E-state index in [9.17, 15) is 14.7 Å². The van der Waals surface area contributed by atoms with Crippen molar-refractivity contribution in [3.8, 4) is 5.75 Å². The molecule has 1 saturated heterocycles. The predicted octanol–water partition coefficient (Wildman–Crippen LogP) is 2.48. The molecule has 1 fully saturated rings. The van der Waals surface area contributed by atoms with Crippen LogP contribution in [0.15, 0.2) is 42.5 Å². The largest absolute Gasteiger partial charge is 0.508 e. The Morgan fingerprint density at radius 1 is 1.00 bits per heavy atom. The van der Waals surface area contributed by atoms with Crippen LogP contribution in [0.1, 0.15) is 11.1 Å². The third-order valence-corrected chi connectivity index (χ3v) is 5.06. The molecular formula is C21H26N4O3. The summed E-state index contributed by atoms with van der Waals surface area (Å²) in [6, 6.07) is 12.3. The van der Waals surface area contributed by atoms with Crippen LogP contribution in [0.5, 0.6) is 5.75 Å². The Morgan fingerprint density at radius 2 is 1.68 bits per heavy atom. The number of piperazine rings is 1. The first-order valence-corrected chi connectivity index (χ1v) is 9.36. The second-order valence-corrected chi connectivity index (χ2v) is 7.03. The van der Waals surface area contributed by atoms with Gasteiger partial charge in [0.1, 0.15) is 5.75 Å². The van der Waals surface area contributed by atoms with E-state index in [2.05, 4.69) is 15.5 Å². The number of phenols is 1. The quantitative estimate of drug-likeness (QED) is 0.757. The van der Waals surface area contributed by atoms with Gasteiger partial charge < -0.3 is 15.3 Å². The summed E-state index contributed by atoms with van der Waals surface area (Å²) in [6.45, 7) is 7.12.